The van der Waals surface area contributed by atoms with Gasteiger partial charge in [-0.2, -0.15) is 5.10 Å². The Morgan fingerprint density at radius 3 is 2.31 bits per heavy atom. The van der Waals surface area contributed by atoms with Gasteiger partial charge in [-0.05, 0) is 81.0 Å². The van der Waals surface area contributed by atoms with Crippen molar-refractivity contribution in [2.24, 2.45) is 5.10 Å². The third-order valence-corrected chi connectivity index (χ3v) is 5.21. The van der Waals surface area contributed by atoms with Crippen LogP contribution in [0.1, 0.15) is 41.3 Å². The first-order chi connectivity index (χ1) is 17.0. The molecule has 0 saturated heterocycles. The van der Waals surface area contributed by atoms with Crippen LogP contribution >= 0.6 is 0 Å². The van der Waals surface area contributed by atoms with Gasteiger partial charge in [0.15, 0.2) is 0 Å². The van der Waals surface area contributed by atoms with Crippen molar-refractivity contribution in [3.63, 3.8) is 0 Å². The number of rotatable bonds is 10. The second-order valence-electron chi connectivity index (χ2n) is 7.67. The van der Waals surface area contributed by atoms with E-state index in [0.29, 0.717) is 11.3 Å². The van der Waals surface area contributed by atoms with Crippen LogP contribution < -0.4 is 15.6 Å². The molecule has 0 aliphatic heterocycles. The van der Waals surface area contributed by atoms with E-state index in [-0.39, 0.29) is 11.6 Å². The molecule has 0 radical (unpaired) electrons. The van der Waals surface area contributed by atoms with Crippen LogP contribution in [0.15, 0.2) is 88.0 Å². The summed E-state index contributed by atoms with van der Waals surface area (Å²) < 4.78 is 5.44. The summed E-state index contributed by atoms with van der Waals surface area (Å²) in [6, 6.07) is 20.2. The van der Waals surface area contributed by atoms with Gasteiger partial charge < -0.3 is 14.6 Å². The van der Waals surface area contributed by atoms with Crippen LogP contribution in [0.2, 0.25) is 0 Å². The summed E-state index contributed by atoms with van der Waals surface area (Å²) in [4.78, 5) is 27.8. The molecule has 0 spiro atoms. The quantitative estimate of drug-likeness (QED) is 0.247. The Kier molecular flexibility index (Phi) is 9.19. The molecule has 3 aromatic rings. The molecule has 2 aromatic carbocycles. The summed E-state index contributed by atoms with van der Waals surface area (Å²) in [7, 11) is 0. The fourth-order valence-electron chi connectivity index (χ4n) is 3.36. The summed E-state index contributed by atoms with van der Waals surface area (Å²) in [6.07, 6.45) is 6.44. The molecule has 0 atom stereocenters. The predicted octanol–water partition coefficient (Wildman–Crippen LogP) is 5.02. The number of carbonyl (C=O) groups excluding carboxylic acids is 2. The number of hydrogen-bond donors (Lipinski definition) is 2. The highest BCUT2D eigenvalue weighted by atomic mass is 16.3. The number of anilines is 1. The molecule has 35 heavy (non-hydrogen) atoms. The number of amides is 2. The Balaban J connectivity index is 1.76. The number of aryl methyl sites for hydroxylation is 1. The number of hydrazone groups is 1. The number of furan rings is 1. The zero-order valence-electron chi connectivity index (χ0n) is 20.2. The summed E-state index contributed by atoms with van der Waals surface area (Å²) in [5.74, 6) is 0.567. The molecule has 0 aliphatic rings. The Hall–Kier alpha value is -4.39. The molecular weight excluding hydrogens is 440 g/mol. The lowest BCUT2D eigenvalue weighted by molar-refractivity contribution is -0.117. The van der Waals surface area contributed by atoms with Gasteiger partial charge in [0.2, 0.25) is 0 Å². The number of carbonyl (C=O) groups is 2. The first-order valence-corrected chi connectivity index (χ1v) is 11.5. The minimum Gasteiger partial charge on any atom is -0.462 e. The minimum atomic E-state index is -0.541. The van der Waals surface area contributed by atoms with Gasteiger partial charge in [-0.15, -0.1) is 0 Å². The SMILES string of the molecule is CCN(CC)c1ccc(C=C(NC(=O)c2ccccc2)C(=O)NN=CC=Cc2ccc(C)o2)cc1. The molecule has 0 saturated carbocycles. The van der Waals surface area contributed by atoms with E-state index in [1.54, 1.807) is 42.5 Å². The summed E-state index contributed by atoms with van der Waals surface area (Å²) >= 11 is 0. The first kappa shape index (κ1) is 25.2. The van der Waals surface area contributed by atoms with E-state index in [9.17, 15) is 9.59 Å². The van der Waals surface area contributed by atoms with Crippen molar-refractivity contribution in [2.45, 2.75) is 20.8 Å². The third-order valence-electron chi connectivity index (χ3n) is 5.21. The van der Waals surface area contributed by atoms with Crippen molar-refractivity contribution in [3.05, 3.63) is 101 Å². The van der Waals surface area contributed by atoms with Crippen LogP contribution in [0.4, 0.5) is 5.69 Å². The molecular formula is C28H30N4O3. The van der Waals surface area contributed by atoms with Crippen LogP contribution in [-0.4, -0.2) is 31.1 Å². The van der Waals surface area contributed by atoms with E-state index in [4.69, 9.17) is 4.42 Å². The number of allylic oxidation sites excluding steroid dienone is 1. The van der Waals surface area contributed by atoms with Crippen molar-refractivity contribution in [3.8, 4) is 0 Å². The molecule has 1 heterocycles. The largest absolute Gasteiger partial charge is 0.462 e. The maximum atomic E-state index is 12.9. The normalized spacial score (nSPS) is 11.7. The molecule has 0 aliphatic carbocycles. The maximum Gasteiger partial charge on any atom is 0.287 e. The van der Waals surface area contributed by atoms with Gasteiger partial charge in [-0.1, -0.05) is 30.3 Å². The standard InChI is InChI=1S/C28H30N4O3/c1-4-32(5-2)24-16-14-22(15-17-24)20-26(30-27(33)23-10-7-6-8-11-23)28(34)31-29-19-9-12-25-18-13-21(3)35-25/h6-20H,4-5H2,1-3H3,(H,30,33)(H,31,34). The maximum absolute atomic E-state index is 12.9. The van der Waals surface area contributed by atoms with Gasteiger partial charge in [0.25, 0.3) is 11.8 Å². The monoisotopic (exact) mass is 470 g/mol. The highest BCUT2D eigenvalue weighted by Gasteiger charge is 2.14. The average molecular weight is 471 g/mol. The van der Waals surface area contributed by atoms with Crippen LogP contribution in [0.3, 0.4) is 0 Å². The smallest absolute Gasteiger partial charge is 0.287 e. The molecule has 7 nitrogen and oxygen atoms in total. The Morgan fingerprint density at radius 1 is 0.971 bits per heavy atom. The minimum absolute atomic E-state index is 0.0808. The molecule has 1 aromatic heterocycles. The predicted molar refractivity (Wildman–Crippen MR) is 141 cm³/mol. The number of benzene rings is 2. The van der Waals surface area contributed by atoms with E-state index < -0.39 is 5.91 Å². The van der Waals surface area contributed by atoms with Crippen LogP contribution in [0.5, 0.6) is 0 Å². The van der Waals surface area contributed by atoms with Crippen molar-refractivity contribution >= 4 is 35.9 Å². The summed E-state index contributed by atoms with van der Waals surface area (Å²) in [5, 5.41) is 6.65. The van der Waals surface area contributed by atoms with Crippen LogP contribution in [0.25, 0.3) is 12.2 Å². The number of nitrogens with one attached hydrogen (secondary N) is 2. The fourth-order valence-corrected chi connectivity index (χ4v) is 3.36. The molecule has 7 heteroatoms. The van der Waals surface area contributed by atoms with Gasteiger partial charge in [-0.3, -0.25) is 9.59 Å². The van der Waals surface area contributed by atoms with E-state index >= 15 is 0 Å². The first-order valence-electron chi connectivity index (χ1n) is 11.5. The van der Waals surface area contributed by atoms with E-state index in [1.807, 2.05) is 49.4 Å². The summed E-state index contributed by atoms with van der Waals surface area (Å²) in [6.45, 7) is 7.87. The third kappa shape index (κ3) is 7.57. The Labute approximate surface area is 205 Å². The Bertz CT molecular complexity index is 1200. The van der Waals surface area contributed by atoms with Crippen molar-refractivity contribution in [1.29, 1.82) is 0 Å². The second-order valence-corrected chi connectivity index (χ2v) is 7.67. The Morgan fingerprint density at radius 2 is 1.69 bits per heavy atom. The van der Waals surface area contributed by atoms with E-state index in [2.05, 4.69) is 34.6 Å². The molecule has 3 rings (SSSR count). The lowest BCUT2D eigenvalue weighted by Gasteiger charge is -2.20. The lowest BCUT2D eigenvalue weighted by atomic mass is 10.1. The van der Waals surface area contributed by atoms with Gasteiger partial charge in [0.05, 0.1) is 0 Å². The van der Waals surface area contributed by atoms with Gasteiger partial charge in [0, 0.05) is 30.6 Å². The summed E-state index contributed by atoms with van der Waals surface area (Å²) in [5.41, 5.74) is 4.85. The topological polar surface area (TPSA) is 86.9 Å². The highest BCUT2D eigenvalue weighted by molar-refractivity contribution is 6.05. The molecule has 0 bridgehead atoms. The molecule has 2 N–H and O–H groups in total. The molecule has 0 unspecified atom stereocenters. The van der Waals surface area contributed by atoms with Gasteiger partial charge >= 0.3 is 0 Å². The van der Waals surface area contributed by atoms with Crippen molar-refractivity contribution in [2.75, 3.05) is 18.0 Å². The van der Waals surface area contributed by atoms with Crippen molar-refractivity contribution < 1.29 is 14.0 Å². The molecule has 2 amide bonds. The van der Waals surface area contributed by atoms with Gasteiger partial charge in [0.1, 0.15) is 17.2 Å². The number of nitrogens with zero attached hydrogens (tertiary/aromatic N) is 2. The fraction of sp³-hybridized carbons (Fsp3) is 0.179. The highest BCUT2D eigenvalue weighted by Crippen LogP contribution is 2.16. The van der Waals surface area contributed by atoms with Crippen LogP contribution in [-0.2, 0) is 4.79 Å². The van der Waals surface area contributed by atoms with Gasteiger partial charge in [-0.25, -0.2) is 5.43 Å². The average Bonchev–Trinajstić information content (AvgIpc) is 3.30. The van der Waals surface area contributed by atoms with Crippen LogP contribution in [0, 0.1) is 6.92 Å². The number of hydrogen-bond acceptors (Lipinski definition) is 5. The lowest BCUT2D eigenvalue weighted by Crippen LogP contribution is -2.32. The zero-order valence-corrected chi connectivity index (χ0v) is 20.2. The second kappa shape index (κ2) is 12.7. The zero-order chi connectivity index (χ0) is 25.0. The molecule has 0 fully saturated rings. The van der Waals surface area contributed by atoms with E-state index in [0.717, 1.165) is 30.1 Å². The van der Waals surface area contributed by atoms with E-state index in [1.165, 1.54) is 6.21 Å². The van der Waals surface area contributed by atoms with Crippen molar-refractivity contribution in [1.82, 2.24) is 10.7 Å². The molecule has 180 valence electrons.